The second-order valence-corrected chi connectivity index (χ2v) is 5.16. The average molecular weight is 231 g/mol. The van der Waals surface area contributed by atoms with Crippen molar-refractivity contribution in [2.75, 3.05) is 19.6 Å². The molecule has 1 fully saturated rings. The van der Waals surface area contributed by atoms with Crippen molar-refractivity contribution < 1.29 is 4.79 Å². The van der Waals surface area contributed by atoms with E-state index in [1.807, 2.05) is 18.2 Å². The Morgan fingerprint density at radius 3 is 3.12 bits per heavy atom. The van der Waals surface area contributed by atoms with Gasteiger partial charge in [-0.3, -0.25) is 4.79 Å². The number of carbonyl (C=O) groups excluding carboxylic acids is 1. The number of aldehydes is 1. The molecule has 0 saturated carbocycles. The lowest BCUT2D eigenvalue weighted by molar-refractivity contribution is 0.112. The summed E-state index contributed by atoms with van der Waals surface area (Å²) in [5.41, 5.74) is 2.06. The van der Waals surface area contributed by atoms with Crippen molar-refractivity contribution in [2.45, 2.75) is 26.2 Å². The predicted octanol–water partition coefficient (Wildman–Crippen LogP) is 2.77. The zero-order valence-corrected chi connectivity index (χ0v) is 10.6. The summed E-state index contributed by atoms with van der Waals surface area (Å²) in [4.78, 5) is 13.2. The third-order valence-corrected chi connectivity index (χ3v) is 3.54. The maximum Gasteiger partial charge on any atom is 0.150 e. The van der Waals surface area contributed by atoms with E-state index in [1.54, 1.807) is 0 Å². The summed E-state index contributed by atoms with van der Waals surface area (Å²) in [6.07, 6.45) is 4.67. The van der Waals surface area contributed by atoms with Gasteiger partial charge < -0.3 is 4.90 Å². The lowest BCUT2D eigenvalue weighted by atomic mass is 9.99. The molecule has 0 radical (unpaired) electrons. The third-order valence-electron chi connectivity index (χ3n) is 3.54. The van der Waals surface area contributed by atoms with Gasteiger partial charge in [0.1, 0.15) is 6.29 Å². The molecule has 0 aromatic heterocycles. The van der Waals surface area contributed by atoms with Crippen LogP contribution in [-0.4, -0.2) is 30.8 Å². The van der Waals surface area contributed by atoms with Gasteiger partial charge in [-0.2, -0.15) is 0 Å². The second kappa shape index (κ2) is 5.97. The molecule has 17 heavy (non-hydrogen) atoms. The van der Waals surface area contributed by atoms with Gasteiger partial charge in [-0.25, -0.2) is 0 Å². The first-order valence-electron chi connectivity index (χ1n) is 6.54. The molecule has 1 saturated heterocycles. The van der Waals surface area contributed by atoms with Crippen LogP contribution in [0.2, 0.25) is 0 Å². The molecule has 92 valence electrons. The SMILES string of the molecule is CC1CCCN(CCc2cccc(C=O)c2)C1. The van der Waals surface area contributed by atoms with E-state index in [0.717, 1.165) is 30.7 Å². The fourth-order valence-corrected chi connectivity index (χ4v) is 2.60. The molecule has 2 heteroatoms. The zero-order valence-electron chi connectivity index (χ0n) is 10.6. The van der Waals surface area contributed by atoms with Crippen LogP contribution in [-0.2, 0) is 6.42 Å². The number of rotatable bonds is 4. The number of benzene rings is 1. The normalized spacial score (nSPS) is 21.4. The summed E-state index contributed by atoms with van der Waals surface area (Å²) in [5.74, 6) is 0.838. The zero-order chi connectivity index (χ0) is 12.1. The summed E-state index contributed by atoms with van der Waals surface area (Å²) in [6, 6.07) is 7.94. The molecule has 0 bridgehead atoms. The van der Waals surface area contributed by atoms with Gasteiger partial charge in [0, 0.05) is 18.7 Å². The first kappa shape index (κ1) is 12.3. The van der Waals surface area contributed by atoms with Gasteiger partial charge in [-0.05, 0) is 43.4 Å². The van der Waals surface area contributed by atoms with E-state index >= 15 is 0 Å². The summed E-state index contributed by atoms with van der Waals surface area (Å²) in [5, 5.41) is 0. The minimum absolute atomic E-state index is 0.787. The highest BCUT2D eigenvalue weighted by atomic mass is 16.1. The highest BCUT2D eigenvalue weighted by Gasteiger charge is 2.15. The number of nitrogens with zero attached hydrogens (tertiary/aromatic N) is 1. The molecule has 2 rings (SSSR count). The molecule has 0 aliphatic carbocycles. The lowest BCUT2D eigenvalue weighted by Gasteiger charge is -2.30. The molecular formula is C15H21NO. The molecule has 0 amide bonds. The number of piperidine rings is 1. The van der Waals surface area contributed by atoms with Crippen molar-refractivity contribution in [2.24, 2.45) is 5.92 Å². The monoisotopic (exact) mass is 231 g/mol. The second-order valence-electron chi connectivity index (χ2n) is 5.16. The molecule has 1 aromatic carbocycles. The quantitative estimate of drug-likeness (QED) is 0.743. The number of carbonyl (C=O) groups is 1. The molecule has 1 heterocycles. The largest absolute Gasteiger partial charge is 0.303 e. The Morgan fingerprint density at radius 1 is 1.47 bits per heavy atom. The Morgan fingerprint density at radius 2 is 2.35 bits per heavy atom. The van der Waals surface area contributed by atoms with Crippen LogP contribution in [0.15, 0.2) is 24.3 Å². The van der Waals surface area contributed by atoms with E-state index in [0.29, 0.717) is 0 Å². The minimum atomic E-state index is 0.787. The van der Waals surface area contributed by atoms with E-state index in [2.05, 4.69) is 17.9 Å². The molecule has 0 spiro atoms. The Balaban J connectivity index is 1.86. The van der Waals surface area contributed by atoms with Crippen LogP contribution >= 0.6 is 0 Å². The minimum Gasteiger partial charge on any atom is -0.303 e. The fraction of sp³-hybridized carbons (Fsp3) is 0.533. The average Bonchev–Trinajstić information content (AvgIpc) is 2.37. The van der Waals surface area contributed by atoms with Gasteiger partial charge in [0.25, 0.3) is 0 Å². The van der Waals surface area contributed by atoms with Crippen molar-refractivity contribution in [3.63, 3.8) is 0 Å². The molecular weight excluding hydrogens is 210 g/mol. The lowest BCUT2D eigenvalue weighted by Crippen LogP contribution is -2.35. The third kappa shape index (κ3) is 3.67. The standard InChI is InChI=1S/C15H21NO/c1-13-4-3-8-16(11-13)9-7-14-5-2-6-15(10-14)12-17/h2,5-6,10,12-13H,3-4,7-9,11H2,1H3. The van der Waals surface area contributed by atoms with E-state index in [1.165, 1.54) is 31.5 Å². The Kier molecular flexibility index (Phi) is 4.32. The summed E-state index contributed by atoms with van der Waals surface area (Å²) in [6.45, 7) is 5.91. The smallest absolute Gasteiger partial charge is 0.150 e. The highest BCUT2D eigenvalue weighted by molar-refractivity contribution is 5.74. The maximum absolute atomic E-state index is 10.7. The first-order valence-corrected chi connectivity index (χ1v) is 6.54. The molecule has 1 unspecified atom stereocenters. The van der Waals surface area contributed by atoms with Crippen molar-refractivity contribution in [1.29, 1.82) is 0 Å². The summed E-state index contributed by atoms with van der Waals surface area (Å²) >= 11 is 0. The van der Waals surface area contributed by atoms with Gasteiger partial charge in [0.2, 0.25) is 0 Å². The van der Waals surface area contributed by atoms with Gasteiger partial charge in [0.05, 0.1) is 0 Å². The van der Waals surface area contributed by atoms with Crippen molar-refractivity contribution in [3.8, 4) is 0 Å². The van der Waals surface area contributed by atoms with Gasteiger partial charge in [-0.15, -0.1) is 0 Å². The van der Waals surface area contributed by atoms with E-state index < -0.39 is 0 Å². The van der Waals surface area contributed by atoms with Crippen LogP contribution in [0.4, 0.5) is 0 Å². The highest BCUT2D eigenvalue weighted by Crippen LogP contribution is 2.16. The molecule has 2 nitrogen and oxygen atoms in total. The number of hydrogen-bond donors (Lipinski definition) is 0. The molecule has 1 aromatic rings. The van der Waals surface area contributed by atoms with Crippen molar-refractivity contribution in [3.05, 3.63) is 35.4 Å². The van der Waals surface area contributed by atoms with Crippen LogP contribution in [0.3, 0.4) is 0 Å². The number of likely N-dealkylation sites (tertiary alicyclic amines) is 1. The molecule has 0 N–H and O–H groups in total. The summed E-state index contributed by atoms with van der Waals surface area (Å²) in [7, 11) is 0. The molecule has 1 atom stereocenters. The van der Waals surface area contributed by atoms with Crippen LogP contribution in [0.1, 0.15) is 35.7 Å². The molecule has 1 aliphatic rings. The summed E-state index contributed by atoms with van der Waals surface area (Å²) < 4.78 is 0. The van der Waals surface area contributed by atoms with Crippen LogP contribution in [0.5, 0.6) is 0 Å². The van der Waals surface area contributed by atoms with Crippen molar-refractivity contribution in [1.82, 2.24) is 4.90 Å². The topological polar surface area (TPSA) is 20.3 Å². The van der Waals surface area contributed by atoms with Crippen LogP contribution < -0.4 is 0 Å². The molecule has 1 aliphatic heterocycles. The van der Waals surface area contributed by atoms with E-state index in [4.69, 9.17) is 0 Å². The Bertz CT molecular complexity index is 375. The van der Waals surface area contributed by atoms with E-state index in [9.17, 15) is 4.79 Å². The van der Waals surface area contributed by atoms with E-state index in [-0.39, 0.29) is 0 Å². The van der Waals surface area contributed by atoms with Gasteiger partial charge in [0.15, 0.2) is 0 Å². The Hall–Kier alpha value is -1.15. The maximum atomic E-state index is 10.7. The van der Waals surface area contributed by atoms with Crippen LogP contribution in [0, 0.1) is 5.92 Å². The van der Waals surface area contributed by atoms with Gasteiger partial charge >= 0.3 is 0 Å². The number of hydrogen-bond acceptors (Lipinski definition) is 2. The van der Waals surface area contributed by atoms with Gasteiger partial charge in [-0.1, -0.05) is 25.1 Å². The predicted molar refractivity (Wildman–Crippen MR) is 70.4 cm³/mol. The van der Waals surface area contributed by atoms with Crippen LogP contribution in [0.25, 0.3) is 0 Å². The fourth-order valence-electron chi connectivity index (χ4n) is 2.60. The Labute approximate surface area is 104 Å². The first-order chi connectivity index (χ1) is 8.28. The van der Waals surface area contributed by atoms with Crippen molar-refractivity contribution >= 4 is 6.29 Å².